The van der Waals surface area contributed by atoms with E-state index in [-0.39, 0.29) is 15.8 Å². The molecule has 0 saturated carbocycles. The normalized spacial score (nSPS) is 11.8. The molecule has 8 heteroatoms. The molecule has 0 atom stereocenters. The van der Waals surface area contributed by atoms with E-state index in [0.29, 0.717) is 17.0 Å². The van der Waals surface area contributed by atoms with Crippen molar-refractivity contribution >= 4 is 26.9 Å². The number of aromatic nitrogens is 1. The van der Waals surface area contributed by atoms with Crippen LogP contribution in [0.5, 0.6) is 5.75 Å². The van der Waals surface area contributed by atoms with Crippen LogP contribution in [-0.2, 0) is 10.0 Å². The van der Waals surface area contributed by atoms with E-state index in [1.807, 2.05) is 19.1 Å². The standard InChI is InChI=1S/C20H20N2O5S/c1-12-9-13(27-4)5-7-15(12)19-11-17(20(23)24)16-10-14(6-8-18(16)21-19)28(25,26)22(2)3/h5-11H,1-4H3,(H,23,24). The Balaban J connectivity index is 2.26. The van der Waals surface area contributed by atoms with Gasteiger partial charge in [-0.3, -0.25) is 0 Å². The van der Waals surface area contributed by atoms with Crippen molar-refractivity contribution in [3.8, 4) is 17.0 Å². The minimum absolute atomic E-state index is 0.00831. The molecule has 2 aromatic carbocycles. The van der Waals surface area contributed by atoms with E-state index in [1.165, 1.54) is 38.4 Å². The van der Waals surface area contributed by atoms with Gasteiger partial charge in [0.05, 0.1) is 28.8 Å². The van der Waals surface area contributed by atoms with Crippen LogP contribution in [-0.4, -0.2) is 50.0 Å². The molecule has 146 valence electrons. The minimum Gasteiger partial charge on any atom is -0.497 e. The van der Waals surface area contributed by atoms with E-state index in [2.05, 4.69) is 4.98 Å². The summed E-state index contributed by atoms with van der Waals surface area (Å²) < 4.78 is 31.1. The molecule has 1 aromatic heterocycles. The maximum atomic E-state index is 12.4. The fraction of sp³-hybridized carbons (Fsp3) is 0.200. The van der Waals surface area contributed by atoms with Gasteiger partial charge in [0.15, 0.2) is 0 Å². The van der Waals surface area contributed by atoms with Crippen molar-refractivity contribution in [2.45, 2.75) is 11.8 Å². The number of fused-ring (bicyclic) bond motifs is 1. The van der Waals surface area contributed by atoms with Crippen LogP contribution in [0.3, 0.4) is 0 Å². The van der Waals surface area contributed by atoms with Gasteiger partial charge in [-0.25, -0.2) is 22.5 Å². The quantitative estimate of drug-likeness (QED) is 0.707. The molecule has 0 spiro atoms. The third kappa shape index (κ3) is 3.44. The smallest absolute Gasteiger partial charge is 0.336 e. The lowest BCUT2D eigenvalue weighted by atomic mass is 10.0. The van der Waals surface area contributed by atoms with Crippen molar-refractivity contribution in [3.05, 3.63) is 53.6 Å². The van der Waals surface area contributed by atoms with Crippen LogP contribution in [0.15, 0.2) is 47.4 Å². The van der Waals surface area contributed by atoms with Crippen molar-refractivity contribution in [2.24, 2.45) is 0 Å². The summed E-state index contributed by atoms with van der Waals surface area (Å²) in [7, 11) is 0.729. The van der Waals surface area contributed by atoms with Gasteiger partial charge in [0, 0.05) is 25.0 Å². The Kier molecular flexibility index (Phi) is 5.10. The number of carboxylic acid groups (broad SMARTS) is 1. The summed E-state index contributed by atoms with van der Waals surface area (Å²) >= 11 is 0. The van der Waals surface area contributed by atoms with Crippen LogP contribution in [0.4, 0.5) is 0 Å². The molecule has 1 N–H and O–H groups in total. The molecular formula is C20H20N2O5S. The first-order chi connectivity index (χ1) is 13.1. The first kappa shape index (κ1) is 19.8. The van der Waals surface area contributed by atoms with E-state index in [9.17, 15) is 18.3 Å². The van der Waals surface area contributed by atoms with Crippen LogP contribution in [0, 0.1) is 6.92 Å². The van der Waals surface area contributed by atoms with E-state index in [0.717, 1.165) is 15.4 Å². The summed E-state index contributed by atoms with van der Waals surface area (Å²) in [6.07, 6.45) is 0. The summed E-state index contributed by atoms with van der Waals surface area (Å²) in [6.45, 7) is 1.89. The van der Waals surface area contributed by atoms with Gasteiger partial charge in [0.1, 0.15) is 5.75 Å². The number of methoxy groups -OCH3 is 1. The van der Waals surface area contributed by atoms with Crippen LogP contribution < -0.4 is 4.74 Å². The summed E-state index contributed by atoms with van der Waals surface area (Å²) in [4.78, 5) is 16.4. The van der Waals surface area contributed by atoms with Gasteiger partial charge < -0.3 is 9.84 Å². The third-order valence-corrected chi connectivity index (χ3v) is 6.31. The van der Waals surface area contributed by atoms with Gasteiger partial charge >= 0.3 is 5.97 Å². The molecule has 0 amide bonds. The Labute approximate surface area is 163 Å². The predicted molar refractivity (Wildman–Crippen MR) is 106 cm³/mol. The van der Waals surface area contributed by atoms with Gasteiger partial charge in [-0.15, -0.1) is 0 Å². The van der Waals surface area contributed by atoms with Crippen LogP contribution in [0.2, 0.25) is 0 Å². The van der Waals surface area contributed by atoms with Crippen molar-refractivity contribution in [1.82, 2.24) is 9.29 Å². The zero-order valence-corrected chi connectivity index (χ0v) is 16.7. The van der Waals surface area contributed by atoms with Gasteiger partial charge in [-0.05, 0) is 55.0 Å². The van der Waals surface area contributed by atoms with Crippen LogP contribution in [0.1, 0.15) is 15.9 Å². The second-order valence-corrected chi connectivity index (χ2v) is 8.66. The van der Waals surface area contributed by atoms with Crippen LogP contribution >= 0.6 is 0 Å². The fourth-order valence-corrected chi connectivity index (χ4v) is 3.87. The second-order valence-electron chi connectivity index (χ2n) is 6.51. The molecule has 0 aliphatic heterocycles. The number of benzene rings is 2. The first-order valence-corrected chi connectivity index (χ1v) is 9.85. The van der Waals surface area contributed by atoms with E-state index >= 15 is 0 Å². The Hall–Kier alpha value is -2.97. The number of sulfonamides is 1. The van der Waals surface area contributed by atoms with Gasteiger partial charge in [-0.2, -0.15) is 0 Å². The number of pyridine rings is 1. The van der Waals surface area contributed by atoms with E-state index < -0.39 is 16.0 Å². The molecule has 3 aromatic rings. The number of carbonyl (C=O) groups is 1. The predicted octanol–water partition coefficient (Wildman–Crippen LogP) is 3.17. The van der Waals surface area contributed by atoms with Gasteiger partial charge in [-0.1, -0.05) is 0 Å². The maximum Gasteiger partial charge on any atom is 0.336 e. The molecule has 1 heterocycles. The second kappa shape index (κ2) is 7.21. The Morgan fingerprint density at radius 1 is 1.11 bits per heavy atom. The number of aromatic carboxylic acids is 1. The topological polar surface area (TPSA) is 96.8 Å². The van der Waals surface area contributed by atoms with E-state index in [4.69, 9.17) is 4.74 Å². The molecule has 3 rings (SSSR count). The highest BCUT2D eigenvalue weighted by Crippen LogP contribution is 2.30. The fourth-order valence-electron chi connectivity index (χ4n) is 2.94. The van der Waals surface area contributed by atoms with E-state index in [1.54, 1.807) is 13.2 Å². The van der Waals surface area contributed by atoms with Crippen molar-refractivity contribution in [3.63, 3.8) is 0 Å². The summed E-state index contributed by atoms with van der Waals surface area (Å²) in [5.41, 5.74) is 2.55. The molecule has 7 nitrogen and oxygen atoms in total. The zero-order chi connectivity index (χ0) is 20.6. The Morgan fingerprint density at radius 3 is 2.39 bits per heavy atom. The largest absolute Gasteiger partial charge is 0.497 e. The summed E-state index contributed by atoms with van der Waals surface area (Å²) in [5.74, 6) is -0.460. The lowest BCUT2D eigenvalue weighted by Crippen LogP contribution is -2.22. The third-order valence-electron chi connectivity index (χ3n) is 4.50. The van der Waals surface area contributed by atoms with Crippen LogP contribution in [0.25, 0.3) is 22.2 Å². The summed E-state index contributed by atoms with van der Waals surface area (Å²) in [5, 5.41) is 9.97. The highest BCUT2D eigenvalue weighted by atomic mass is 32.2. The number of hydrogen-bond donors (Lipinski definition) is 1. The Bertz CT molecular complexity index is 1190. The highest BCUT2D eigenvalue weighted by molar-refractivity contribution is 7.89. The number of aryl methyl sites for hydroxylation is 1. The number of hydrogen-bond acceptors (Lipinski definition) is 5. The average molecular weight is 400 g/mol. The molecule has 0 aliphatic rings. The molecule has 0 unspecified atom stereocenters. The van der Waals surface area contributed by atoms with Crippen molar-refractivity contribution in [2.75, 3.05) is 21.2 Å². The lowest BCUT2D eigenvalue weighted by molar-refractivity contribution is 0.0699. The zero-order valence-electron chi connectivity index (χ0n) is 15.9. The molecule has 28 heavy (non-hydrogen) atoms. The molecule has 0 saturated heterocycles. The molecule has 0 aliphatic carbocycles. The molecule has 0 fully saturated rings. The lowest BCUT2D eigenvalue weighted by Gasteiger charge is -2.14. The minimum atomic E-state index is -3.69. The number of ether oxygens (including phenoxy) is 1. The molecule has 0 bridgehead atoms. The highest BCUT2D eigenvalue weighted by Gasteiger charge is 2.20. The van der Waals surface area contributed by atoms with Gasteiger partial charge in [0.2, 0.25) is 10.0 Å². The number of carboxylic acids is 1. The van der Waals surface area contributed by atoms with Gasteiger partial charge in [0.25, 0.3) is 0 Å². The van der Waals surface area contributed by atoms with Crippen molar-refractivity contribution < 1.29 is 23.1 Å². The monoisotopic (exact) mass is 400 g/mol. The number of nitrogens with zero attached hydrogens (tertiary/aromatic N) is 2. The first-order valence-electron chi connectivity index (χ1n) is 8.41. The number of rotatable bonds is 5. The average Bonchev–Trinajstić information content (AvgIpc) is 2.66. The SMILES string of the molecule is COc1ccc(-c2cc(C(=O)O)c3cc(S(=O)(=O)N(C)C)ccc3n2)c(C)c1. The van der Waals surface area contributed by atoms with Crippen molar-refractivity contribution in [1.29, 1.82) is 0 Å². The summed E-state index contributed by atoms with van der Waals surface area (Å²) in [6, 6.07) is 11.2. The Morgan fingerprint density at radius 2 is 1.82 bits per heavy atom. The molecular weight excluding hydrogens is 380 g/mol. The maximum absolute atomic E-state index is 12.4. The molecule has 0 radical (unpaired) electrons.